The highest BCUT2D eigenvalue weighted by molar-refractivity contribution is 7.99. The molecule has 1 aromatic carbocycles. The van der Waals surface area contributed by atoms with E-state index in [4.69, 9.17) is 5.11 Å². The van der Waals surface area contributed by atoms with Crippen molar-refractivity contribution in [3.8, 4) is 0 Å². The van der Waals surface area contributed by atoms with Gasteiger partial charge in [0.15, 0.2) is 0 Å². The van der Waals surface area contributed by atoms with E-state index >= 15 is 0 Å². The second-order valence-electron chi connectivity index (χ2n) is 3.60. The lowest BCUT2D eigenvalue weighted by molar-refractivity contribution is 0.0690. The Balaban J connectivity index is 2.21. The number of aromatic nitrogens is 1. The molecule has 0 saturated carbocycles. The molecule has 17 heavy (non-hydrogen) atoms. The summed E-state index contributed by atoms with van der Waals surface area (Å²) in [5.74, 6) is -1.00. The highest BCUT2D eigenvalue weighted by Crippen LogP contribution is 2.27. The fourth-order valence-corrected chi connectivity index (χ4v) is 2.18. The Hall–Kier alpha value is -1.81. The maximum absolute atomic E-state index is 10.8. The van der Waals surface area contributed by atoms with Crippen molar-refractivity contribution in [2.24, 2.45) is 0 Å². The van der Waals surface area contributed by atoms with Gasteiger partial charge in [0.1, 0.15) is 5.69 Å². The van der Waals surface area contributed by atoms with Crippen molar-refractivity contribution in [1.29, 1.82) is 0 Å². The lowest BCUT2D eigenvalue weighted by Crippen LogP contribution is -1.99. The van der Waals surface area contributed by atoms with Crippen LogP contribution in [0.4, 0.5) is 0 Å². The van der Waals surface area contributed by atoms with E-state index in [2.05, 4.69) is 4.98 Å². The van der Waals surface area contributed by atoms with Crippen molar-refractivity contribution in [3.05, 3.63) is 53.9 Å². The van der Waals surface area contributed by atoms with E-state index in [1.54, 1.807) is 12.1 Å². The van der Waals surface area contributed by atoms with E-state index in [0.29, 0.717) is 0 Å². The second-order valence-corrected chi connectivity index (χ2v) is 4.74. The first-order valence-electron chi connectivity index (χ1n) is 5.09. The third-order valence-electron chi connectivity index (χ3n) is 2.21. The summed E-state index contributed by atoms with van der Waals surface area (Å²) in [6.07, 6.45) is 1.51. The zero-order valence-electron chi connectivity index (χ0n) is 9.25. The molecule has 3 nitrogen and oxygen atoms in total. The van der Waals surface area contributed by atoms with Crippen LogP contribution in [0.15, 0.2) is 52.4 Å². The predicted molar refractivity (Wildman–Crippen MR) is 66.5 cm³/mol. The molecule has 0 unspecified atom stereocenters. The number of benzene rings is 1. The van der Waals surface area contributed by atoms with Gasteiger partial charge in [-0.2, -0.15) is 0 Å². The van der Waals surface area contributed by atoms with Crippen LogP contribution in [0.5, 0.6) is 0 Å². The summed E-state index contributed by atoms with van der Waals surface area (Å²) in [7, 11) is 0. The monoisotopic (exact) mass is 245 g/mol. The molecule has 4 heteroatoms. The SMILES string of the molecule is Cc1ccc(Sc2ccnc(C(=O)O)c2)cc1. The standard InChI is InChI=1S/C13H11NO2S/c1-9-2-4-10(5-3-9)17-11-6-7-14-12(8-11)13(15)16/h2-8H,1H3,(H,15,16). The molecule has 0 aliphatic carbocycles. The Morgan fingerprint density at radius 3 is 2.53 bits per heavy atom. The van der Waals surface area contributed by atoms with Crippen LogP contribution in [0, 0.1) is 6.92 Å². The predicted octanol–water partition coefficient (Wildman–Crippen LogP) is 3.24. The van der Waals surface area contributed by atoms with Crippen LogP contribution in [0.3, 0.4) is 0 Å². The number of aromatic carboxylic acids is 1. The molecule has 0 saturated heterocycles. The van der Waals surface area contributed by atoms with Gasteiger partial charge in [-0.05, 0) is 31.2 Å². The van der Waals surface area contributed by atoms with Crippen molar-refractivity contribution in [2.75, 3.05) is 0 Å². The number of pyridine rings is 1. The maximum atomic E-state index is 10.8. The highest BCUT2D eigenvalue weighted by atomic mass is 32.2. The largest absolute Gasteiger partial charge is 0.477 e. The van der Waals surface area contributed by atoms with Gasteiger partial charge in [-0.1, -0.05) is 29.5 Å². The van der Waals surface area contributed by atoms with E-state index in [-0.39, 0.29) is 5.69 Å². The van der Waals surface area contributed by atoms with Gasteiger partial charge in [-0.25, -0.2) is 9.78 Å². The van der Waals surface area contributed by atoms with Gasteiger partial charge in [0, 0.05) is 16.0 Å². The summed E-state index contributed by atoms with van der Waals surface area (Å²) in [4.78, 5) is 16.5. The molecular formula is C13H11NO2S. The van der Waals surface area contributed by atoms with Crippen LogP contribution in [0.25, 0.3) is 0 Å². The minimum absolute atomic E-state index is 0.0714. The summed E-state index contributed by atoms with van der Waals surface area (Å²) in [5, 5.41) is 8.84. The smallest absolute Gasteiger partial charge is 0.354 e. The summed E-state index contributed by atoms with van der Waals surface area (Å²) in [5.41, 5.74) is 1.28. The Bertz CT molecular complexity index is 537. The summed E-state index contributed by atoms with van der Waals surface area (Å²) < 4.78 is 0. The lowest BCUT2D eigenvalue weighted by Gasteiger charge is -2.02. The topological polar surface area (TPSA) is 50.2 Å². The molecule has 0 spiro atoms. The number of hydrogen-bond acceptors (Lipinski definition) is 3. The number of rotatable bonds is 3. The number of hydrogen-bond donors (Lipinski definition) is 1. The van der Waals surface area contributed by atoms with Crippen LogP contribution in [-0.4, -0.2) is 16.1 Å². The van der Waals surface area contributed by atoms with E-state index < -0.39 is 5.97 Å². The number of carbonyl (C=O) groups is 1. The number of carboxylic acid groups (broad SMARTS) is 1. The number of nitrogens with zero attached hydrogens (tertiary/aromatic N) is 1. The van der Waals surface area contributed by atoms with Crippen molar-refractivity contribution >= 4 is 17.7 Å². The fraction of sp³-hybridized carbons (Fsp3) is 0.0769. The molecule has 1 aromatic heterocycles. The maximum Gasteiger partial charge on any atom is 0.354 e. The molecule has 1 N–H and O–H groups in total. The number of aryl methyl sites for hydroxylation is 1. The van der Waals surface area contributed by atoms with Crippen molar-refractivity contribution in [3.63, 3.8) is 0 Å². The molecule has 0 amide bonds. The molecule has 2 rings (SSSR count). The van der Waals surface area contributed by atoms with Gasteiger partial charge in [0.05, 0.1) is 0 Å². The molecular weight excluding hydrogens is 234 g/mol. The first-order valence-corrected chi connectivity index (χ1v) is 5.91. The van der Waals surface area contributed by atoms with Crippen LogP contribution >= 0.6 is 11.8 Å². The minimum atomic E-state index is -1.00. The van der Waals surface area contributed by atoms with Gasteiger partial charge in [0.2, 0.25) is 0 Å². The summed E-state index contributed by atoms with van der Waals surface area (Å²) >= 11 is 1.52. The first kappa shape index (κ1) is 11.7. The normalized spacial score (nSPS) is 10.2. The van der Waals surface area contributed by atoms with Crippen LogP contribution < -0.4 is 0 Å². The van der Waals surface area contributed by atoms with Crippen molar-refractivity contribution in [1.82, 2.24) is 4.98 Å². The third-order valence-corrected chi connectivity index (χ3v) is 3.20. The molecule has 86 valence electrons. The van der Waals surface area contributed by atoms with Gasteiger partial charge in [-0.3, -0.25) is 0 Å². The molecule has 0 radical (unpaired) electrons. The average molecular weight is 245 g/mol. The molecule has 0 fully saturated rings. The van der Waals surface area contributed by atoms with E-state index in [1.807, 2.05) is 31.2 Å². The molecule has 2 aromatic rings. The lowest BCUT2D eigenvalue weighted by atomic mass is 10.2. The van der Waals surface area contributed by atoms with Crippen LogP contribution in [-0.2, 0) is 0 Å². The van der Waals surface area contributed by atoms with Gasteiger partial charge >= 0.3 is 5.97 Å². The Morgan fingerprint density at radius 1 is 1.18 bits per heavy atom. The van der Waals surface area contributed by atoms with Crippen molar-refractivity contribution in [2.45, 2.75) is 16.7 Å². The third kappa shape index (κ3) is 3.07. The fourth-order valence-electron chi connectivity index (χ4n) is 1.33. The van der Waals surface area contributed by atoms with E-state index in [0.717, 1.165) is 9.79 Å². The Kier molecular flexibility index (Phi) is 3.44. The molecule has 0 atom stereocenters. The first-order chi connectivity index (χ1) is 8.15. The summed E-state index contributed by atoms with van der Waals surface area (Å²) in [6, 6.07) is 11.5. The molecule has 0 aliphatic heterocycles. The highest BCUT2D eigenvalue weighted by Gasteiger charge is 2.05. The molecule has 0 bridgehead atoms. The van der Waals surface area contributed by atoms with Gasteiger partial charge < -0.3 is 5.11 Å². The summed E-state index contributed by atoms with van der Waals surface area (Å²) in [6.45, 7) is 2.03. The minimum Gasteiger partial charge on any atom is -0.477 e. The van der Waals surface area contributed by atoms with Gasteiger partial charge in [0.25, 0.3) is 0 Å². The van der Waals surface area contributed by atoms with Crippen LogP contribution in [0.2, 0.25) is 0 Å². The number of carboxylic acids is 1. The molecule has 0 aliphatic rings. The zero-order chi connectivity index (χ0) is 12.3. The average Bonchev–Trinajstić information content (AvgIpc) is 2.32. The second kappa shape index (κ2) is 5.01. The Labute approximate surface area is 104 Å². The van der Waals surface area contributed by atoms with E-state index in [1.165, 1.54) is 23.5 Å². The van der Waals surface area contributed by atoms with Gasteiger partial charge in [-0.15, -0.1) is 0 Å². The van der Waals surface area contributed by atoms with Crippen LogP contribution in [0.1, 0.15) is 16.1 Å². The zero-order valence-corrected chi connectivity index (χ0v) is 10.1. The quantitative estimate of drug-likeness (QED) is 0.901. The molecule has 1 heterocycles. The van der Waals surface area contributed by atoms with Crippen molar-refractivity contribution < 1.29 is 9.90 Å². The Morgan fingerprint density at radius 2 is 1.88 bits per heavy atom. The van der Waals surface area contributed by atoms with E-state index in [9.17, 15) is 4.79 Å².